The normalized spacial score (nSPS) is 18.8. The molecule has 33 heavy (non-hydrogen) atoms. The molecule has 2 aliphatic heterocycles. The summed E-state index contributed by atoms with van der Waals surface area (Å²) in [5, 5.41) is 9.15. The van der Waals surface area contributed by atoms with Gasteiger partial charge in [-0.2, -0.15) is 0 Å². The van der Waals surface area contributed by atoms with Crippen LogP contribution in [0.15, 0.2) is 36.4 Å². The average Bonchev–Trinajstić information content (AvgIpc) is 2.83. The van der Waals surface area contributed by atoms with Crippen LogP contribution in [0.5, 0.6) is 0 Å². The Morgan fingerprint density at radius 1 is 1.15 bits per heavy atom. The molecule has 7 heteroatoms. The van der Waals surface area contributed by atoms with Crippen molar-refractivity contribution in [3.8, 4) is 0 Å². The summed E-state index contributed by atoms with van der Waals surface area (Å²) in [7, 11) is 0. The third-order valence-corrected chi connectivity index (χ3v) is 6.82. The van der Waals surface area contributed by atoms with Crippen LogP contribution in [-0.2, 0) is 17.7 Å². The monoisotopic (exact) mass is 455 g/mol. The molecule has 2 aliphatic rings. The molecular formula is C26H34FN3O3. The Labute approximate surface area is 195 Å². The molecule has 1 spiro atoms. The zero-order valence-corrected chi connectivity index (χ0v) is 19.6. The number of carbonyl (C=O) groups is 1. The van der Waals surface area contributed by atoms with Gasteiger partial charge in [0, 0.05) is 44.0 Å². The minimum atomic E-state index is -0.350. The first-order valence-corrected chi connectivity index (χ1v) is 11.9. The highest BCUT2D eigenvalue weighted by molar-refractivity contribution is 5.92. The van der Waals surface area contributed by atoms with E-state index in [-0.39, 0.29) is 29.9 Å². The molecule has 1 aromatic heterocycles. The van der Waals surface area contributed by atoms with Crippen molar-refractivity contribution in [1.29, 1.82) is 0 Å². The molecule has 4 rings (SSSR count). The van der Waals surface area contributed by atoms with E-state index >= 15 is 0 Å². The van der Waals surface area contributed by atoms with Crippen LogP contribution in [0.1, 0.15) is 59.9 Å². The number of halogens is 1. The maximum Gasteiger partial charge on any atom is 0.272 e. The summed E-state index contributed by atoms with van der Waals surface area (Å²) in [5.41, 5.74) is 2.29. The first-order valence-electron chi connectivity index (χ1n) is 11.9. The minimum absolute atomic E-state index is 0.0367. The number of hydrogen-bond donors (Lipinski definition) is 1. The largest absolute Gasteiger partial charge is 0.396 e. The number of aromatic nitrogens is 1. The Bertz CT molecular complexity index is 973. The fourth-order valence-corrected chi connectivity index (χ4v) is 4.80. The van der Waals surface area contributed by atoms with E-state index in [9.17, 15) is 9.18 Å². The number of ether oxygens (including phenoxy) is 1. The summed E-state index contributed by atoms with van der Waals surface area (Å²) in [5.74, 6) is 0.0197. The van der Waals surface area contributed by atoms with Gasteiger partial charge in [-0.3, -0.25) is 9.69 Å². The summed E-state index contributed by atoms with van der Waals surface area (Å²) in [4.78, 5) is 21.9. The number of piperidine rings is 1. The second-order valence-corrected chi connectivity index (χ2v) is 9.50. The van der Waals surface area contributed by atoms with E-state index in [1.165, 1.54) is 0 Å². The van der Waals surface area contributed by atoms with Crippen molar-refractivity contribution in [2.45, 2.75) is 51.2 Å². The van der Waals surface area contributed by atoms with Crippen molar-refractivity contribution < 1.29 is 19.0 Å². The van der Waals surface area contributed by atoms with E-state index in [2.05, 4.69) is 23.7 Å². The first kappa shape index (κ1) is 23.8. The molecule has 1 aromatic carbocycles. The van der Waals surface area contributed by atoms with E-state index in [4.69, 9.17) is 9.84 Å². The summed E-state index contributed by atoms with van der Waals surface area (Å²) in [6.07, 6.45) is 1.93. The van der Waals surface area contributed by atoms with Gasteiger partial charge in [0.25, 0.3) is 5.91 Å². The number of pyridine rings is 1. The van der Waals surface area contributed by atoms with Crippen LogP contribution in [-0.4, -0.2) is 70.8 Å². The molecule has 0 aliphatic carbocycles. The molecule has 1 amide bonds. The topological polar surface area (TPSA) is 65.9 Å². The lowest BCUT2D eigenvalue weighted by molar-refractivity contribution is -0.128. The fourth-order valence-electron chi connectivity index (χ4n) is 4.80. The van der Waals surface area contributed by atoms with Gasteiger partial charge in [-0.05, 0) is 42.9 Å². The maximum atomic E-state index is 14.7. The van der Waals surface area contributed by atoms with Crippen molar-refractivity contribution in [3.63, 3.8) is 0 Å². The molecule has 2 aromatic rings. The number of carbonyl (C=O) groups excluding carboxylic acids is 1. The maximum absolute atomic E-state index is 14.7. The third kappa shape index (κ3) is 5.42. The Balaban J connectivity index is 1.38. The number of morpholine rings is 1. The lowest BCUT2D eigenvalue weighted by Crippen LogP contribution is -2.58. The number of amides is 1. The molecule has 3 heterocycles. The predicted octanol–water partition coefficient (Wildman–Crippen LogP) is 3.39. The van der Waals surface area contributed by atoms with Crippen LogP contribution in [0.4, 0.5) is 4.39 Å². The summed E-state index contributed by atoms with van der Waals surface area (Å²) in [6.45, 7) is 7.85. The lowest BCUT2D eigenvalue weighted by atomic mass is 9.89. The van der Waals surface area contributed by atoms with Crippen molar-refractivity contribution >= 4 is 5.91 Å². The molecule has 178 valence electrons. The molecular weight excluding hydrogens is 421 g/mol. The van der Waals surface area contributed by atoms with E-state index in [0.29, 0.717) is 49.5 Å². The number of hydrogen-bond acceptors (Lipinski definition) is 5. The Hall–Kier alpha value is -2.35. The molecule has 0 saturated carbocycles. The van der Waals surface area contributed by atoms with Crippen LogP contribution in [0.3, 0.4) is 0 Å². The SMILES string of the molecule is CC(C)c1cccc(C(=O)N2CCOC3(CCN(Cc4cccc(CCO)c4F)CC3)C2)n1. The van der Waals surface area contributed by atoms with Crippen molar-refractivity contribution in [2.75, 3.05) is 39.4 Å². The molecule has 2 fully saturated rings. The summed E-state index contributed by atoms with van der Waals surface area (Å²) < 4.78 is 20.9. The molecule has 1 N–H and O–H groups in total. The highest BCUT2D eigenvalue weighted by Crippen LogP contribution is 2.31. The highest BCUT2D eigenvalue weighted by Gasteiger charge is 2.41. The van der Waals surface area contributed by atoms with Gasteiger partial charge >= 0.3 is 0 Å². The van der Waals surface area contributed by atoms with Crippen LogP contribution >= 0.6 is 0 Å². The van der Waals surface area contributed by atoms with E-state index in [1.807, 2.05) is 29.2 Å². The number of nitrogens with zero attached hydrogens (tertiary/aromatic N) is 3. The number of aliphatic hydroxyl groups is 1. The second-order valence-electron chi connectivity index (χ2n) is 9.50. The first-order chi connectivity index (χ1) is 15.9. The number of aliphatic hydroxyl groups excluding tert-OH is 1. The standard InChI is InChI=1S/C26H34FN3O3/c1-19(2)22-7-4-8-23(28-22)25(32)30-14-16-33-26(18-30)10-12-29(13-11-26)17-21-6-3-5-20(9-15-31)24(21)27/h3-8,19,31H,9-18H2,1-2H3. The van der Waals surface area contributed by atoms with E-state index in [0.717, 1.165) is 31.6 Å². The van der Waals surface area contributed by atoms with Crippen LogP contribution in [0.2, 0.25) is 0 Å². The minimum Gasteiger partial charge on any atom is -0.396 e. The van der Waals surface area contributed by atoms with Gasteiger partial charge in [-0.25, -0.2) is 9.37 Å². The Morgan fingerprint density at radius 2 is 1.88 bits per heavy atom. The van der Waals surface area contributed by atoms with Gasteiger partial charge < -0.3 is 14.7 Å². The molecule has 0 atom stereocenters. The fraction of sp³-hybridized carbons (Fsp3) is 0.538. The van der Waals surface area contributed by atoms with Gasteiger partial charge in [0.05, 0.1) is 18.8 Å². The second kappa shape index (κ2) is 10.3. The van der Waals surface area contributed by atoms with Gasteiger partial charge in [0.1, 0.15) is 11.5 Å². The zero-order valence-electron chi connectivity index (χ0n) is 19.6. The number of likely N-dealkylation sites (tertiary alicyclic amines) is 1. The van der Waals surface area contributed by atoms with Gasteiger partial charge in [-0.15, -0.1) is 0 Å². The molecule has 0 bridgehead atoms. The van der Waals surface area contributed by atoms with Crippen molar-refractivity contribution in [3.05, 3.63) is 64.7 Å². The van der Waals surface area contributed by atoms with Gasteiger partial charge in [0.2, 0.25) is 0 Å². The van der Waals surface area contributed by atoms with Gasteiger partial charge in [0.15, 0.2) is 0 Å². The highest BCUT2D eigenvalue weighted by atomic mass is 19.1. The summed E-state index contributed by atoms with van der Waals surface area (Å²) in [6, 6.07) is 11.0. The molecule has 0 radical (unpaired) electrons. The molecule has 2 saturated heterocycles. The predicted molar refractivity (Wildman–Crippen MR) is 125 cm³/mol. The summed E-state index contributed by atoms with van der Waals surface area (Å²) >= 11 is 0. The zero-order chi connectivity index (χ0) is 23.4. The molecule has 6 nitrogen and oxygen atoms in total. The lowest BCUT2D eigenvalue weighted by Gasteiger charge is -2.47. The van der Waals surface area contributed by atoms with E-state index in [1.54, 1.807) is 12.1 Å². The number of rotatable bonds is 6. The average molecular weight is 456 g/mol. The number of benzene rings is 1. The van der Waals surface area contributed by atoms with Crippen LogP contribution < -0.4 is 0 Å². The van der Waals surface area contributed by atoms with Crippen molar-refractivity contribution in [2.24, 2.45) is 0 Å². The Morgan fingerprint density at radius 3 is 2.61 bits per heavy atom. The van der Waals surface area contributed by atoms with Crippen molar-refractivity contribution in [1.82, 2.24) is 14.8 Å². The van der Waals surface area contributed by atoms with Crippen LogP contribution in [0.25, 0.3) is 0 Å². The van der Waals surface area contributed by atoms with Crippen LogP contribution in [0, 0.1) is 5.82 Å². The van der Waals surface area contributed by atoms with Gasteiger partial charge in [-0.1, -0.05) is 38.1 Å². The smallest absolute Gasteiger partial charge is 0.272 e. The quantitative estimate of drug-likeness (QED) is 0.723. The third-order valence-electron chi connectivity index (χ3n) is 6.82. The molecule has 0 unspecified atom stereocenters. The Kier molecular flexibility index (Phi) is 7.41. The van der Waals surface area contributed by atoms with E-state index < -0.39 is 0 Å².